The van der Waals surface area contributed by atoms with Crippen molar-refractivity contribution in [1.29, 1.82) is 0 Å². The summed E-state index contributed by atoms with van der Waals surface area (Å²) in [5.74, 6) is 1.14. The van der Waals surface area contributed by atoms with Crippen LogP contribution < -0.4 is 5.14 Å². The molecular formula is C7H15NO2S. The summed E-state index contributed by atoms with van der Waals surface area (Å²) < 4.78 is 16.0. The lowest BCUT2D eigenvalue weighted by Crippen LogP contribution is -2.28. The summed E-state index contributed by atoms with van der Waals surface area (Å²) >= 11 is 0. The third kappa shape index (κ3) is 3.31. The van der Waals surface area contributed by atoms with Crippen molar-refractivity contribution in [3.05, 3.63) is 0 Å². The van der Waals surface area contributed by atoms with Gasteiger partial charge in [-0.15, -0.1) is 0 Å². The third-order valence-corrected chi connectivity index (χ3v) is 2.79. The standard InChI is InChI=1S/C7H15NO2S/c1-6-4-7(2-3-10-6)5-11(8)9/h6-7H,2-5,8H2,1H3. The molecule has 1 saturated heterocycles. The van der Waals surface area contributed by atoms with Gasteiger partial charge in [0.2, 0.25) is 0 Å². The van der Waals surface area contributed by atoms with Gasteiger partial charge < -0.3 is 4.74 Å². The molecule has 1 aliphatic heterocycles. The van der Waals surface area contributed by atoms with Gasteiger partial charge in [0.15, 0.2) is 0 Å². The van der Waals surface area contributed by atoms with Gasteiger partial charge in [0.05, 0.1) is 17.1 Å². The van der Waals surface area contributed by atoms with E-state index in [1.54, 1.807) is 0 Å². The Labute approximate surface area is 69.9 Å². The first kappa shape index (κ1) is 9.16. The topological polar surface area (TPSA) is 52.3 Å². The fraction of sp³-hybridized carbons (Fsp3) is 1.00. The van der Waals surface area contributed by atoms with Crippen LogP contribution in [-0.2, 0) is 15.7 Å². The van der Waals surface area contributed by atoms with Gasteiger partial charge in [-0.3, -0.25) is 5.14 Å². The highest BCUT2D eigenvalue weighted by Crippen LogP contribution is 2.19. The number of hydrogen-bond donors (Lipinski definition) is 1. The Morgan fingerprint density at radius 1 is 1.73 bits per heavy atom. The fourth-order valence-corrected chi connectivity index (χ4v) is 2.24. The molecule has 0 saturated carbocycles. The summed E-state index contributed by atoms with van der Waals surface area (Å²) in [6.07, 6.45) is 2.33. The van der Waals surface area contributed by atoms with Gasteiger partial charge in [-0.25, -0.2) is 4.21 Å². The lowest BCUT2D eigenvalue weighted by atomic mass is 9.98. The quantitative estimate of drug-likeness (QED) is 0.664. The second-order valence-corrected chi connectivity index (χ2v) is 4.21. The van der Waals surface area contributed by atoms with Gasteiger partial charge in [-0.05, 0) is 25.7 Å². The maximum Gasteiger partial charge on any atom is 0.0890 e. The average Bonchev–Trinajstić information content (AvgIpc) is 1.85. The Hall–Kier alpha value is 0.0700. The van der Waals surface area contributed by atoms with E-state index >= 15 is 0 Å². The molecule has 0 radical (unpaired) electrons. The first-order chi connectivity index (χ1) is 5.18. The van der Waals surface area contributed by atoms with E-state index in [4.69, 9.17) is 9.88 Å². The van der Waals surface area contributed by atoms with E-state index in [0.29, 0.717) is 17.8 Å². The molecule has 0 aliphatic carbocycles. The number of nitrogens with two attached hydrogens (primary N) is 1. The van der Waals surface area contributed by atoms with E-state index in [2.05, 4.69) is 0 Å². The van der Waals surface area contributed by atoms with E-state index < -0.39 is 11.0 Å². The van der Waals surface area contributed by atoms with Crippen LogP contribution in [0, 0.1) is 5.92 Å². The maximum atomic E-state index is 10.7. The highest BCUT2D eigenvalue weighted by atomic mass is 32.2. The van der Waals surface area contributed by atoms with Gasteiger partial charge in [0.25, 0.3) is 0 Å². The van der Waals surface area contributed by atoms with Crippen LogP contribution in [0.3, 0.4) is 0 Å². The minimum absolute atomic E-state index is 0.317. The molecule has 0 spiro atoms. The summed E-state index contributed by atoms with van der Waals surface area (Å²) in [7, 11) is -1.13. The molecule has 0 amide bonds. The Balaban J connectivity index is 2.28. The van der Waals surface area contributed by atoms with E-state index in [9.17, 15) is 4.21 Å². The van der Waals surface area contributed by atoms with Crippen molar-refractivity contribution in [2.75, 3.05) is 12.4 Å². The highest BCUT2D eigenvalue weighted by molar-refractivity contribution is 7.82. The molecule has 0 bridgehead atoms. The Kier molecular flexibility index (Phi) is 3.48. The van der Waals surface area contributed by atoms with Crippen LogP contribution in [0.2, 0.25) is 0 Å². The number of ether oxygens (including phenoxy) is 1. The lowest BCUT2D eigenvalue weighted by Gasteiger charge is -2.26. The predicted molar refractivity (Wildman–Crippen MR) is 45.3 cm³/mol. The summed E-state index contributed by atoms with van der Waals surface area (Å²) in [6.45, 7) is 2.84. The highest BCUT2D eigenvalue weighted by Gasteiger charge is 2.19. The molecule has 1 fully saturated rings. The molecule has 1 aliphatic rings. The lowest BCUT2D eigenvalue weighted by molar-refractivity contribution is 0.00766. The van der Waals surface area contributed by atoms with Gasteiger partial charge in [0, 0.05) is 12.4 Å². The second-order valence-electron chi connectivity index (χ2n) is 3.12. The normalized spacial score (nSPS) is 35.1. The summed E-state index contributed by atoms with van der Waals surface area (Å²) in [5.41, 5.74) is 0. The number of hydrogen-bond acceptors (Lipinski definition) is 2. The van der Waals surface area contributed by atoms with Crippen LogP contribution in [0.25, 0.3) is 0 Å². The molecule has 1 rings (SSSR count). The van der Waals surface area contributed by atoms with Crippen molar-refractivity contribution >= 4 is 11.0 Å². The van der Waals surface area contributed by atoms with Crippen molar-refractivity contribution in [3.8, 4) is 0 Å². The minimum Gasteiger partial charge on any atom is -0.378 e. The molecule has 1 heterocycles. The average molecular weight is 177 g/mol. The van der Waals surface area contributed by atoms with Gasteiger partial charge >= 0.3 is 0 Å². The molecule has 11 heavy (non-hydrogen) atoms. The summed E-state index contributed by atoms with van der Waals surface area (Å²) in [6, 6.07) is 0. The SMILES string of the molecule is CC1CC(CS(N)=O)CCO1. The minimum atomic E-state index is -1.13. The predicted octanol–water partition coefficient (Wildman–Crippen LogP) is 0.424. The van der Waals surface area contributed by atoms with Crippen molar-refractivity contribution in [2.45, 2.75) is 25.9 Å². The van der Waals surface area contributed by atoms with Crippen LogP contribution >= 0.6 is 0 Å². The molecule has 2 N–H and O–H groups in total. The van der Waals surface area contributed by atoms with Gasteiger partial charge in [0.1, 0.15) is 0 Å². The smallest absolute Gasteiger partial charge is 0.0890 e. The van der Waals surface area contributed by atoms with Crippen molar-refractivity contribution in [1.82, 2.24) is 0 Å². The summed E-state index contributed by atoms with van der Waals surface area (Å²) in [4.78, 5) is 0. The van der Waals surface area contributed by atoms with Crippen LogP contribution in [-0.4, -0.2) is 22.7 Å². The van der Waals surface area contributed by atoms with Crippen molar-refractivity contribution < 1.29 is 8.95 Å². The van der Waals surface area contributed by atoms with E-state index in [1.165, 1.54) is 0 Å². The molecule has 66 valence electrons. The zero-order valence-corrected chi connectivity index (χ0v) is 7.60. The molecule has 0 aromatic rings. The Morgan fingerprint density at radius 2 is 2.45 bits per heavy atom. The van der Waals surface area contributed by atoms with Crippen molar-refractivity contribution in [2.24, 2.45) is 11.1 Å². The van der Waals surface area contributed by atoms with Crippen LogP contribution in [0.1, 0.15) is 19.8 Å². The van der Waals surface area contributed by atoms with Crippen LogP contribution in [0.4, 0.5) is 0 Å². The molecule has 3 nitrogen and oxygen atoms in total. The molecule has 3 atom stereocenters. The fourth-order valence-electron chi connectivity index (χ4n) is 1.47. The molecule has 0 aromatic carbocycles. The summed E-state index contributed by atoms with van der Waals surface area (Å²) in [5, 5.41) is 5.20. The molecule has 4 heteroatoms. The van der Waals surface area contributed by atoms with E-state index in [-0.39, 0.29) is 0 Å². The maximum absolute atomic E-state index is 10.7. The first-order valence-electron chi connectivity index (χ1n) is 3.93. The van der Waals surface area contributed by atoms with E-state index in [1.807, 2.05) is 6.92 Å². The van der Waals surface area contributed by atoms with E-state index in [0.717, 1.165) is 19.4 Å². The van der Waals surface area contributed by atoms with Crippen molar-refractivity contribution in [3.63, 3.8) is 0 Å². The first-order valence-corrected chi connectivity index (χ1v) is 5.31. The largest absolute Gasteiger partial charge is 0.378 e. The molecule has 0 aromatic heterocycles. The Morgan fingerprint density at radius 3 is 3.00 bits per heavy atom. The van der Waals surface area contributed by atoms with Gasteiger partial charge in [-0.2, -0.15) is 0 Å². The van der Waals surface area contributed by atoms with Crippen LogP contribution in [0.15, 0.2) is 0 Å². The monoisotopic (exact) mass is 177 g/mol. The molecular weight excluding hydrogens is 162 g/mol. The zero-order chi connectivity index (χ0) is 8.27. The van der Waals surface area contributed by atoms with Crippen LogP contribution in [0.5, 0.6) is 0 Å². The third-order valence-electron chi connectivity index (χ3n) is 1.99. The zero-order valence-electron chi connectivity index (χ0n) is 6.79. The number of rotatable bonds is 2. The Bertz CT molecular complexity index is 151. The molecule has 3 unspecified atom stereocenters. The van der Waals surface area contributed by atoms with Gasteiger partial charge in [-0.1, -0.05) is 0 Å². The second kappa shape index (κ2) is 4.18.